The fourth-order valence-corrected chi connectivity index (χ4v) is 3.17. The number of nitrogens with zero attached hydrogens (tertiary/aromatic N) is 1. The number of nitro benzene ring substituents is 1. The monoisotopic (exact) mass is 310 g/mol. The van der Waals surface area contributed by atoms with Crippen LogP contribution >= 0.6 is 0 Å². The number of benzene rings is 2. The van der Waals surface area contributed by atoms with Gasteiger partial charge in [0.15, 0.2) is 0 Å². The van der Waals surface area contributed by atoms with Crippen molar-refractivity contribution in [1.29, 1.82) is 0 Å². The van der Waals surface area contributed by atoms with Crippen LogP contribution in [-0.2, 0) is 12.8 Å². The highest BCUT2D eigenvalue weighted by Gasteiger charge is 2.23. The molecule has 1 N–H and O–H groups in total. The number of nitro groups is 1. The Morgan fingerprint density at radius 2 is 1.87 bits per heavy atom. The topological polar surface area (TPSA) is 72.2 Å². The van der Waals surface area contributed by atoms with Crippen LogP contribution in [0.4, 0.5) is 11.4 Å². The van der Waals surface area contributed by atoms with Gasteiger partial charge in [-0.3, -0.25) is 14.9 Å². The molecule has 0 heterocycles. The standard InChI is InChI=1S/C18H18N2O3/c1-12-6-4-10-15(17(12)20(22)23)18(21)19-16-11-5-8-13-7-2-3-9-14(13)16/h4-6,8,10-11H,2-3,7,9H2,1H3,(H,19,21). The fourth-order valence-electron chi connectivity index (χ4n) is 3.17. The molecule has 0 saturated carbocycles. The Morgan fingerprint density at radius 3 is 2.65 bits per heavy atom. The van der Waals surface area contributed by atoms with Crippen LogP contribution in [0.5, 0.6) is 0 Å². The third kappa shape index (κ3) is 2.95. The van der Waals surface area contributed by atoms with E-state index in [4.69, 9.17) is 0 Å². The molecular formula is C18H18N2O3. The normalized spacial score (nSPS) is 13.3. The number of anilines is 1. The largest absolute Gasteiger partial charge is 0.322 e. The number of aryl methyl sites for hydroxylation is 2. The number of nitrogens with one attached hydrogen (secondary N) is 1. The molecule has 0 atom stereocenters. The molecule has 2 aromatic carbocycles. The number of carbonyl (C=O) groups is 1. The lowest BCUT2D eigenvalue weighted by atomic mass is 9.90. The van der Waals surface area contributed by atoms with Gasteiger partial charge >= 0.3 is 0 Å². The first-order chi connectivity index (χ1) is 11.1. The van der Waals surface area contributed by atoms with E-state index in [1.165, 1.54) is 11.6 Å². The van der Waals surface area contributed by atoms with Gasteiger partial charge < -0.3 is 5.32 Å². The Balaban J connectivity index is 1.95. The van der Waals surface area contributed by atoms with Gasteiger partial charge in [-0.05, 0) is 55.9 Å². The van der Waals surface area contributed by atoms with Crippen molar-refractivity contribution in [3.05, 3.63) is 68.8 Å². The van der Waals surface area contributed by atoms with Crippen LogP contribution in [0.15, 0.2) is 36.4 Å². The minimum Gasteiger partial charge on any atom is -0.322 e. The zero-order valence-corrected chi connectivity index (χ0v) is 13.0. The molecule has 3 rings (SSSR count). The first-order valence-corrected chi connectivity index (χ1v) is 7.74. The van der Waals surface area contributed by atoms with E-state index < -0.39 is 10.8 Å². The van der Waals surface area contributed by atoms with Crippen LogP contribution in [0, 0.1) is 17.0 Å². The fraction of sp³-hybridized carbons (Fsp3) is 0.278. The number of fused-ring (bicyclic) bond motifs is 1. The van der Waals surface area contributed by atoms with Crippen LogP contribution < -0.4 is 5.32 Å². The maximum Gasteiger partial charge on any atom is 0.285 e. The molecule has 0 bridgehead atoms. The third-order valence-electron chi connectivity index (χ3n) is 4.31. The first-order valence-electron chi connectivity index (χ1n) is 7.74. The molecule has 23 heavy (non-hydrogen) atoms. The average Bonchev–Trinajstić information content (AvgIpc) is 2.54. The van der Waals surface area contributed by atoms with Crippen LogP contribution in [-0.4, -0.2) is 10.8 Å². The zero-order valence-electron chi connectivity index (χ0n) is 13.0. The van der Waals surface area contributed by atoms with E-state index in [1.807, 2.05) is 12.1 Å². The van der Waals surface area contributed by atoms with Crippen LogP contribution in [0.3, 0.4) is 0 Å². The van der Waals surface area contributed by atoms with Gasteiger partial charge in [-0.1, -0.05) is 24.3 Å². The van der Waals surface area contributed by atoms with Crippen molar-refractivity contribution in [2.45, 2.75) is 32.6 Å². The SMILES string of the molecule is Cc1cccc(C(=O)Nc2cccc3c2CCCC3)c1[N+](=O)[O-]. The summed E-state index contributed by atoms with van der Waals surface area (Å²) in [5, 5.41) is 14.1. The van der Waals surface area contributed by atoms with Crippen molar-refractivity contribution in [3.63, 3.8) is 0 Å². The van der Waals surface area contributed by atoms with Gasteiger partial charge in [0.2, 0.25) is 0 Å². The maximum atomic E-state index is 12.6. The van der Waals surface area contributed by atoms with Crippen molar-refractivity contribution in [2.75, 3.05) is 5.32 Å². The van der Waals surface area contributed by atoms with Crippen LogP contribution in [0.2, 0.25) is 0 Å². The second kappa shape index (κ2) is 6.20. The van der Waals surface area contributed by atoms with Gasteiger partial charge in [0, 0.05) is 11.3 Å². The van der Waals surface area contributed by atoms with Crippen molar-refractivity contribution < 1.29 is 9.72 Å². The number of hydrogen-bond acceptors (Lipinski definition) is 3. The molecule has 5 heteroatoms. The van der Waals surface area contributed by atoms with Gasteiger partial charge in [-0.25, -0.2) is 0 Å². The number of amides is 1. The van der Waals surface area contributed by atoms with Crippen LogP contribution in [0.25, 0.3) is 0 Å². The highest BCUT2D eigenvalue weighted by Crippen LogP contribution is 2.29. The van der Waals surface area contributed by atoms with Gasteiger partial charge in [0.05, 0.1) is 4.92 Å². The van der Waals surface area contributed by atoms with Crippen LogP contribution in [0.1, 0.15) is 39.9 Å². The van der Waals surface area contributed by atoms with E-state index in [2.05, 4.69) is 11.4 Å². The van der Waals surface area contributed by atoms with Crippen molar-refractivity contribution in [1.82, 2.24) is 0 Å². The van der Waals surface area contributed by atoms with E-state index in [1.54, 1.807) is 19.1 Å². The lowest BCUT2D eigenvalue weighted by molar-refractivity contribution is -0.385. The molecule has 0 radical (unpaired) electrons. The number of rotatable bonds is 3. The summed E-state index contributed by atoms with van der Waals surface area (Å²) in [4.78, 5) is 23.3. The van der Waals surface area contributed by atoms with E-state index >= 15 is 0 Å². The highest BCUT2D eigenvalue weighted by atomic mass is 16.6. The average molecular weight is 310 g/mol. The zero-order chi connectivity index (χ0) is 16.4. The third-order valence-corrected chi connectivity index (χ3v) is 4.31. The van der Waals surface area contributed by atoms with Gasteiger partial charge in [0.25, 0.3) is 11.6 Å². The number of hydrogen-bond donors (Lipinski definition) is 1. The molecule has 0 spiro atoms. The van der Waals surface area contributed by atoms with Gasteiger partial charge in [-0.15, -0.1) is 0 Å². The summed E-state index contributed by atoms with van der Waals surface area (Å²) in [6.07, 6.45) is 4.21. The molecule has 118 valence electrons. The van der Waals surface area contributed by atoms with Crippen molar-refractivity contribution >= 4 is 17.3 Å². The molecule has 0 aromatic heterocycles. The molecule has 1 aliphatic carbocycles. The minimum atomic E-state index is -0.495. The summed E-state index contributed by atoms with van der Waals surface area (Å²) < 4.78 is 0. The Kier molecular flexibility index (Phi) is 4.10. The van der Waals surface area contributed by atoms with Crippen molar-refractivity contribution in [3.8, 4) is 0 Å². The molecule has 1 amide bonds. The first kappa shape index (κ1) is 15.2. The van der Waals surface area contributed by atoms with Gasteiger partial charge in [-0.2, -0.15) is 0 Å². The maximum absolute atomic E-state index is 12.6. The molecular weight excluding hydrogens is 292 g/mol. The lowest BCUT2D eigenvalue weighted by Crippen LogP contribution is -2.17. The van der Waals surface area contributed by atoms with E-state index in [0.717, 1.165) is 36.9 Å². The number of para-hydroxylation sites is 1. The second-order valence-corrected chi connectivity index (χ2v) is 5.83. The molecule has 0 saturated heterocycles. The summed E-state index contributed by atoms with van der Waals surface area (Å²) in [7, 11) is 0. The Hall–Kier alpha value is -2.69. The van der Waals surface area contributed by atoms with Gasteiger partial charge in [0.1, 0.15) is 5.56 Å². The summed E-state index contributed by atoms with van der Waals surface area (Å²) in [6, 6.07) is 10.7. The molecule has 0 unspecified atom stereocenters. The summed E-state index contributed by atoms with van der Waals surface area (Å²) >= 11 is 0. The Labute approximate surface area is 134 Å². The summed E-state index contributed by atoms with van der Waals surface area (Å²) in [6.45, 7) is 1.64. The second-order valence-electron chi connectivity index (χ2n) is 5.83. The Morgan fingerprint density at radius 1 is 1.13 bits per heavy atom. The smallest absolute Gasteiger partial charge is 0.285 e. The highest BCUT2D eigenvalue weighted by molar-refractivity contribution is 6.07. The van der Waals surface area contributed by atoms with E-state index in [9.17, 15) is 14.9 Å². The molecule has 1 aliphatic rings. The summed E-state index contributed by atoms with van der Waals surface area (Å²) in [5.41, 5.74) is 3.63. The molecule has 0 aliphatic heterocycles. The predicted octanol–water partition coefficient (Wildman–Crippen LogP) is 4.03. The molecule has 2 aromatic rings. The predicted molar refractivity (Wildman–Crippen MR) is 88.9 cm³/mol. The van der Waals surface area contributed by atoms with Crippen molar-refractivity contribution in [2.24, 2.45) is 0 Å². The van der Waals surface area contributed by atoms with E-state index in [-0.39, 0.29) is 11.3 Å². The number of carbonyl (C=O) groups excluding carboxylic acids is 1. The molecule has 0 fully saturated rings. The lowest BCUT2D eigenvalue weighted by Gasteiger charge is -2.19. The summed E-state index contributed by atoms with van der Waals surface area (Å²) in [5.74, 6) is -0.431. The van der Waals surface area contributed by atoms with E-state index in [0.29, 0.717) is 5.56 Å². The minimum absolute atomic E-state index is 0.100. The molecule has 5 nitrogen and oxygen atoms in total. The quantitative estimate of drug-likeness (QED) is 0.687. The Bertz CT molecular complexity index is 784.